The van der Waals surface area contributed by atoms with E-state index in [2.05, 4.69) is 0 Å². The van der Waals surface area contributed by atoms with Crippen LogP contribution in [0.15, 0.2) is 35.2 Å². The molecule has 0 saturated heterocycles. The number of rotatable bonds is 1. The van der Waals surface area contributed by atoms with Crippen molar-refractivity contribution >= 4 is 50.4 Å². The fourth-order valence-electron chi connectivity index (χ4n) is 1.41. The molecule has 0 heterocycles. The van der Waals surface area contributed by atoms with Crippen molar-refractivity contribution in [3.8, 4) is 11.5 Å². The summed E-state index contributed by atoms with van der Waals surface area (Å²) < 4.78 is 30.6. The summed E-state index contributed by atoms with van der Waals surface area (Å²) in [5.74, 6) is -0.632. The first-order valence-electron chi connectivity index (χ1n) is 4.31. The number of hydrogen-bond acceptors (Lipinski definition) is 4. The SMILES string of the molecule is O=S(=O)(O)c1ccc2cc(O)c(O)cc2c1.[NaH]. The van der Waals surface area contributed by atoms with Crippen molar-refractivity contribution in [2.24, 2.45) is 0 Å². The number of hydrogen-bond donors (Lipinski definition) is 3. The molecule has 2 aromatic rings. The van der Waals surface area contributed by atoms with Crippen LogP contribution in [0.25, 0.3) is 10.8 Å². The van der Waals surface area contributed by atoms with Gasteiger partial charge in [0, 0.05) is 0 Å². The van der Waals surface area contributed by atoms with Crippen LogP contribution in [-0.2, 0) is 10.1 Å². The maximum absolute atomic E-state index is 10.9. The number of aromatic hydroxyl groups is 2. The zero-order valence-electron chi connectivity index (χ0n) is 7.95. The van der Waals surface area contributed by atoms with Crippen LogP contribution in [0.2, 0.25) is 0 Å². The molecule has 0 saturated carbocycles. The van der Waals surface area contributed by atoms with Gasteiger partial charge in [-0.05, 0) is 35.0 Å². The molecule has 5 nitrogen and oxygen atoms in total. The Hall–Kier alpha value is -0.790. The van der Waals surface area contributed by atoms with Crippen molar-refractivity contribution in [1.82, 2.24) is 0 Å². The van der Waals surface area contributed by atoms with Crippen molar-refractivity contribution in [3.63, 3.8) is 0 Å². The van der Waals surface area contributed by atoms with Gasteiger partial charge in [0.05, 0.1) is 4.90 Å². The van der Waals surface area contributed by atoms with E-state index in [0.717, 1.165) is 0 Å². The van der Waals surface area contributed by atoms with E-state index in [0.29, 0.717) is 10.8 Å². The van der Waals surface area contributed by atoms with Gasteiger partial charge < -0.3 is 10.2 Å². The molecule has 17 heavy (non-hydrogen) atoms. The molecule has 7 heteroatoms. The molecule has 2 aromatic carbocycles. The van der Waals surface area contributed by atoms with E-state index in [9.17, 15) is 18.6 Å². The minimum atomic E-state index is -4.26. The Morgan fingerprint density at radius 2 is 1.41 bits per heavy atom. The first-order chi connectivity index (χ1) is 7.38. The van der Waals surface area contributed by atoms with Gasteiger partial charge >= 0.3 is 29.6 Å². The second kappa shape index (κ2) is 4.83. The summed E-state index contributed by atoms with van der Waals surface area (Å²) in [6.45, 7) is 0. The zero-order valence-corrected chi connectivity index (χ0v) is 8.77. The number of phenolic OH excluding ortho intramolecular Hbond substituents is 2. The van der Waals surface area contributed by atoms with Gasteiger partial charge in [0.25, 0.3) is 10.1 Å². The molecule has 2 rings (SSSR count). The summed E-state index contributed by atoms with van der Waals surface area (Å²) in [5.41, 5.74) is 0. The van der Waals surface area contributed by atoms with Crippen LogP contribution in [0.4, 0.5) is 0 Å². The molecule has 0 radical (unpaired) electrons. The van der Waals surface area contributed by atoms with Crippen LogP contribution in [0, 0.1) is 0 Å². The van der Waals surface area contributed by atoms with Crippen molar-refractivity contribution in [3.05, 3.63) is 30.3 Å². The van der Waals surface area contributed by atoms with Crippen molar-refractivity contribution in [2.45, 2.75) is 4.90 Å². The molecule has 0 aliphatic rings. The average Bonchev–Trinajstić information content (AvgIpc) is 2.17. The Labute approximate surface area is 120 Å². The molecule has 0 aliphatic heterocycles. The van der Waals surface area contributed by atoms with E-state index in [1.54, 1.807) is 0 Å². The van der Waals surface area contributed by atoms with E-state index in [4.69, 9.17) is 4.55 Å². The molecule has 3 N–H and O–H groups in total. The van der Waals surface area contributed by atoms with Gasteiger partial charge in [-0.3, -0.25) is 4.55 Å². The van der Waals surface area contributed by atoms with Crippen molar-refractivity contribution in [1.29, 1.82) is 0 Å². The molecule has 0 atom stereocenters. The van der Waals surface area contributed by atoms with Crippen LogP contribution < -0.4 is 0 Å². The predicted molar refractivity (Wildman–Crippen MR) is 64.2 cm³/mol. The molecule has 0 aliphatic carbocycles. The fourth-order valence-corrected chi connectivity index (χ4v) is 1.93. The molecule has 0 unspecified atom stereocenters. The van der Waals surface area contributed by atoms with Gasteiger partial charge in [0.15, 0.2) is 11.5 Å². The predicted octanol–water partition coefficient (Wildman–Crippen LogP) is 0.849. The Bertz CT molecular complexity index is 666. The van der Waals surface area contributed by atoms with Crippen LogP contribution in [-0.4, -0.2) is 52.7 Å². The molecule has 0 amide bonds. The Morgan fingerprint density at radius 3 is 1.94 bits per heavy atom. The molecule has 0 fully saturated rings. The molecule has 0 bridgehead atoms. The summed E-state index contributed by atoms with van der Waals surface area (Å²) >= 11 is 0. The third kappa shape index (κ3) is 2.91. The third-order valence-electron chi connectivity index (χ3n) is 2.20. The van der Waals surface area contributed by atoms with E-state index in [-0.39, 0.29) is 46.0 Å². The average molecular weight is 264 g/mol. The first kappa shape index (κ1) is 14.3. The van der Waals surface area contributed by atoms with E-state index >= 15 is 0 Å². The van der Waals surface area contributed by atoms with Crippen molar-refractivity contribution < 1.29 is 23.2 Å². The number of phenols is 2. The maximum atomic E-state index is 10.9. The minimum absolute atomic E-state index is 0. The van der Waals surface area contributed by atoms with Gasteiger partial charge in [-0.25, -0.2) is 0 Å². The van der Waals surface area contributed by atoms with Crippen molar-refractivity contribution in [2.75, 3.05) is 0 Å². The second-order valence-electron chi connectivity index (χ2n) is 3.32. The summed E-state index contributed by atoms with van der Waals surface area (Å²) in [6.07, 6.45) is 0. The molecule has 0 aromatic heterocycles. The van der Waals surface area contributed by atoms with Crippen LogP contribution in [0.3, 0.4) is 0 Å². The van der Waals surface area contributed by atoms with E-state index in [1.165, 1.54) is 30.3 Å². The first-order valence-corrected chi connectivity index (χ1v) is 5.75. The molecular formula is C10H9NaO5S. The third-order valence-corrected chi connectivity index (χ3v) is 3.05. The quantitative estimate of drug-likeness (QED) is 0.403. The van der Waals surface area contributed by atoms with Crippen LogP contribution in [0.5, 0.6) is 11.5 Å². The van der Waals surface area contributed by atoms with Gasteiger partial charge in [-0.15, -0.1) is 0 Å². The summed E-state index contributed by atoms with van der Waals surface area (Å²) in [5, 5.41) is 19.4. The molecule has 0 spiro atoms. The van der Waals surface area contributed by atoms with E-state index < -0.39 is 10.1 Å². The number of benzene rings is 2. The Kier molecular flexibility index (Phi) is 4.06. The standard InChI is InChI=1S/C10H8O5S.Na.H/c11-9-4-6-1-2-8(16(13,14)15)3-7(6)5-10(9)12;;/h1-5,11-12H,(H,13,14,15);;. The Morgan fingerprint density at radius 1 is 0.882 bits per heavy atom. The zero-order chi connectivity index (χ0) is 11.9. The van der Waals surface area contributed by atoms with Gasteiger partial charge in [0.2, 0.25) is 0 Å². The van der Waals surface area contributed by atoms with Gasteiger partial charge in [0.1, 0.15) is 0 Å². The normalized spacial score (nSPS) is 11.1. The summed E-state index contributed by atoms with van der Waals surface area (Å²) in [4.78, 5) is -0.259. The van der Waals surface area contributed by atoms with Gasteiger partial charge in [-0.2, -0.15) is 8.42 Å². The molecular weight excluding hydrogens is 255 g/mol. The molecule has 86 valence electrons. The summed E-state index contributed by atoms with van der Waals surface area (Å²) in [7, 11) is -4.26. The Balaban J connectivity index is 0.00000144. The number of fused-ring (bicyclic) bond motifs is 1. The summed E-state index contributed by atoms with van der Waals surface area (Å²) in [6, 6.07) is 6.38. The van der Waals surface area contributed by atoms with Gasteiger partial charge in [-0.1, -0.05) is 6.07 Å². The monoisotopic (exact) mass is 264 g/mol. The fraction of sp³-hybridized carbons (Fsp3) is 0. The second-order valence-corrected chi connectivity index (χ2v) is 4.75. The van der Waals surface area contributed by atoms with E-state index in [1.807, 2.05) is 0 Å². The van der Waals surface area contributed by atoms with Crippen LogP contribution >= 0.6 is 0 Å². The van der Waals surface area contributed by atoms with Crippen LogP contribution in [0.1, 0.15) is 0 Å². The topological polar surface area (TPSA) is 94.8 Å².